The second-order valence-corrected chi connectivity index (χ2v) is 11.2. The van der Waals surface area contributed by atoms with Crippen LogP contribution in [0.4, 0.5) is 0 Å². The van der Waals surface area contributed by atoms with Crippen LogP contribution in [0.3, 0.4) is 0 Å². The van der Waals surface area contributed by atoms with Crippen LogP contribution in [-0.4, -0.2) is 0 Å². The first-order valence-electron chi connectivity index (χ1n) is 15.1. The highest BCUT2D eigenvalue weighted by atomic mass is 14.3. The number of allylic oxidation sites excluding steroid dienone is 1. The summed E-state index contributed by atoms with van der Waals surface area (Å²) in [5, 5.41) is 0. The highest BCUT2D eigenvalue weighted by molar-refractivity contribution is 5.44. The zero-order valence-electron chi connectivity index (χ0n) is 23.1. The standard InChI is InChI=1S/C36H50/c1-3-5-7-9-11-13-31-15-19-33(20-16-31)23-25-35-27-29-36(30-28-35)26-24-34-21-17-32(18-22-34)14-12-10-8-6-4-2/h3,15-16,19-20,27-30,32,34H,1,4-14,17-18,21-22,24,26H2,2H3. The van der Waals surface area contributed by atoms with Gasteiger partial charge in [0.25, 0.3) is 0 Å². The summed E-state index contributed by atoms with van der Waals surface area (Å²) in [5.41, 5.74) is 5.10. The average molecular weight is 483 g/mol. The maximum Gasteiger partial charge on any atom is 0.0249 e. The van der Waals surface area contributed by atoms with Crippen LogP contribution in [0.25, 0.3) is 0 Å². The lowest BCUT2D eigenvalue weighted by Gasteiger charge is -2.28. The van der Waals surface area contributed by atoms with Gasteiger partial charge in [0, 0.05) is 11.1 Å². The maximum atomic E-state index is 3.80. The fourth-order valence-corrected chi connectivity index (χ4v) is 5.66. The third kappa shape index (κ3) is 11.2. The van der Waals surface area contributed by atoms with Crippen LogP contribution in [-0.2, 0) is 12.8 Å². The van der Waals surface area contributed by atoms with Gasteiger partial charge in [-0.2, -0.15) is 0 Å². The molecule has 0 spiro atoms. The number of hydrogen-bond donors (Lipinski definition) is 0. The van der Waals surface area contributed by atoms with Gasteiger partial charge in [-0.25, -0.2) is 0 Å². The van der Waals surface area contributed by atoms with Gasteiger partial charge in [-0.05, 0) is 85.8 Å². The van der Waals surface area contributed by atoms with Gasteiger partial charge >= 0.3 is 0 Å². The van der Waals surface area contributed by atoms with E-state index in [2.05, 4.69) is 73.9 Å². The van der Waals surface area contributed by atoms with E-state index in [1.807, 2.05) is 6.08 Å². The van der Waals surface area contributed by atoms with Gasteiger partial charge in [-0.15, -0.1) is 6.58 Å². The summed E-state index contributed by atoms with van der Waals surface area (Å²) >= 11 is 0. The molecule has 0 saturated heterocycles. The third-order valence-corrected chi connectivity index (χ3v) is 8.16. The summed E-state index contributed by atoms with van der Waals surface area (Å²) in [7, 11) is 0. The van der Waals surface area contributed by atoms with Gasteiger partial charge in [0.2, 0.25) is 0 Å². The van der Waals surface area contributed by atoms with Gasteiger partial charge in [0.15, 0.2) is 0 Å². The highest BCUT2D eigenvalue weighted by Gasteiger charge is 2.20. The first kappa shape index (κ1) is 28.3. The predicted molar refractivity (Wildman–Crippen MR) is 158 cm³/mol. The lowest BCUT2D eigenvalue weighted by Crippen LogP contribution is -2.15. The Kier molecular flexibility index (Phi) is 13.6. The van der Waals surface area contributed by atoms with Crippen molar-refractivity contribution in [2.24, 2.45) is 11.8 Å². The molecule has 3 rings (SSSR count). The summed E-state index contributed by atoms with van der Waals surface area (Å²) in [6.07, 6.45) is 25.2. The molecular formula is C36H50. The molecule has 0 atom stereocenters. The topological polar surface area (TPSA) is 0 Å². The molecule has 0 unspecified atom stereocenters. The number of benzene rings is 2. The van der Waals surface area contributed by atoms with Crippen molar-refractivity contribution in [2.75, 3.05) is 0 Å². The molecule has 1 aliphatic carbocycles. The number of unbranched alkanes of at least 4 members (excludes halogenated alkanes) is 7. The highest BCUT2D eigenvalue weighted by Crippen LogP contribution is 2.34. The number of rotatable bonds is 15. The molecule has 0 heteroatoms. The SMILES string of the molecule is C=CCCCCCc1ccc(C#Cc2ccc(CCC3CCC(CCCCCCC)CC3)cc2)cc1. The van der Waals surface area contributed by atoms with Crippen molar-refractivity contribution in [3.8, 4) is 11.8 Å². The Hall–Kier alpha value is -2.26. The lowest BCUT2D eigenvalue weighted by atomic mass is 9.77. The van der Waals surface area contributed by atoms with Crippen molar-refractivity contribution < 1.29 is 0 Å². The molecule has 0 bridgehead atoms. The van der Waals surface area contributed by atoms with E-state index in [0.29, 0.717) is 0 Å². The van der Waals surface area contributed by atoms with E-state index in [-0.39, 0.29) is 0 Å². The molecule has 2 aromatic carbocycles. The van der Waals surface area contributed by atoms with Gasteiger partial charge in [0.05, 0.1) is 0 Å². The molecule has 0 heterocycles. The molecule has 0 nitrogen and oxygen atoms in total. The smallest absolute Gasteiger partial charge is 0.0249 e. The molecule has 0 N–H and O–H groups in total. The summed E-state index contributed by atoms with van der Waals surface area (Å²) < 4.78 is 0. The summed E-state index contributed by atoms with van der Waals surface area (Å²) in [4.78, 5) is 0. The van der Waals surface area contributed by atoms with Crippen molar-refractivity contribution in [1.82, 2.24) is 0 Å². The van der Waals surface area contributed by atoms with Crippen molar-refractivity contribution >= 4 is 0 Å². The molecule has 1 saturated carbocycles. The molecule has 0 aliphatic heterocycles. The Morgan fingerprint density at radius 1 is 0.639 bits per heavy atom. The molecule has 1 fully saturated rings. The Morgan fingerprint density at radius 2 is 1.17 bits per heavy atom. The first-order chi connectivity index (χ1) is 17.8. The molecule has 0 aromatic heterocycles. The Labute approximate surface area is 223 Å². The zero-order valence-corrected chi connectivity index (χ0v) is 23.1. The van der Waals surface area contributed by atoms with Crippen LogP contribution in [0.2, 0.25) is 0 Å². The number of hydrogen-bond acceptors (Lipinski definition) is 0. The summed E-state index contributed by atoms with van der Waals surface area (Å²) in [6, 6.07) is 17.8. The molecule has 0 amide bonds. The molecule has 194 valence electrons. The lowest BCUT2D eigenvalue weighted by molar-refractivity contribution is 0.248. The van der Waals surface area contributed by atoms with E-state index in [0.717, 1.165) is 35.8 Å². The van der Waals surface area contributed by atoms with E-state index in [4.69, 9.17) is 0 Å². The van der Waals surface area contributed by atoms with Crippen LogP contribution < -0.4 is 0 Å². The van der Waals surface area contributed by atoms with Gasteiger partial charge in [-0.3, -0.25) is 0 Å². The van der Waals surface area contributed by atoms with Crippen molar-refractivity contribution in [2.45, 2.75) is 116 Å². The minimum atomic E-state index is 0.941. The zero-order chi connectivity index (χ0) is 25.3. The fraction of sp³-hybridized carbons (Fsp3) is 0.556. The molecule has 0 radical (unpaired) electrons. The van der Waals surface area contributed by atoms with Gasteiger partial charge in [0.1, 0.15) is 0 Å². The predicted octanol–water partition coefficient (Wildman–Crippen LogP) is 10.5. The average Bonchev–Trinajstić information content (AvgIpc) is 2.92. The van der Waals surface area contributed by atoms with E-state index in [1.165, 1.54) is 107 Å². The van der Waals surface area contributed by atoms with Crippen LogP contribution in [0, 0.1) is 23.7 Å². The van der Waals surface area contributed by atoms with E-state index in [1.54, 1.807) is 0 Å². The van der Waals surface area contributed by atoms with Gasteiger partial charge < -0.3 is 0 Å². The fourth-order valence-electron chi connectivity index (χ4n) is 5.66. The van der Waals surface area contributed by atoms with Crippen molar-refractivity contribution in [1.29, 1.82) is 0 Å². The van der Waals surface area contributed by atoms with Gasteiger partial charge in [-0.1, -0.05) is 120 Å². The Morgan fingerprint density at radius 3 is 1.75 bits per heavy atom. The molecule has 36 heavy (non-hydrogen) atoms. The van der Waals surface area contributed by atoms with Crippen LogP contribution in [0.15, 0.2) is 61.2 Å². The largest absolute Gasteiger partial charge is 0.103 e. The summed E-state index contributed by atoms with van der Waals surface area (Å²) in [5.74, 6) is 8.65. The van der Waals surface area contributed by atoms with E-state index < -0.39 is 0 Å². The second kappa shape index (κ2) is 17.2. The normalized spacial score (nSPS) is 17.4. The van der Waals surface area contributed by atoms with E-state index in [9.17, 15) is 0 Å². The third-order valence-electron chi connectivity index (χ3n) is 8.16. The van der Waals surface area contributed by atoms with Crippen LogP contribution >= 0.6 is 0 Å². The molecule has 2 aromatic rings. The minimum Gasteiger partial charge on any atom is -0.103 e. The first-order valence-corrected chi connectivity index (χ1v) is 15.1. The van der Waals surface area contributed by atoms with E-state index >= 15 is 0 Å². The minimum absolute atomic E-state index is 0.941. The Balaban J connectivity index is 1.33. The quantitative estimate of drug-likeness (QED) is 0.134. The van der Waals surface area contributed by atoms with Crippen molar-refractivity contribution in [3.63, 3.8) is 0 Å². The Bertz CT molecular complexity index is 897. The molecule has 1 aliphatic rings. The van der Waals surface area contributed by atoms with Crippen LogP contribution in [0.1, 0.15) is 125 Å². The maximum absolute atomic E-state index is 3.80. The van der Waals surface area contributed by atoms with Crippen molar-refractivity contribution in [3.05, 3.63) is 83.4 Å². The van der Waals surface area contributed by atoms with Crippen LogP contribution in [0.5, 0.6) is 0 Å². The monoisotopic (exact) mass is 482 g/mol. The summed E-state index contributed by atoms with van der Waals surface area (Å²) in [6.45, 7) is 6.10. The second-order valence-electron chi connectivity index (χ2n) is 11.2. The number of aryl methyl sites for hydroxylation is 2. The molecular weight excluding hydrogens is 432 g/mol.